The molecule has 3 aromatic rings. The molecule has 3 N–H and O–H groups in total. The number of aryl methyl sites for hydroxylation is 1. The highest BCUT2D eigenvalue weighted by Gasteiger charge is 2.36. The molecule has 4 amide bonds. The quantitative estimate of drug-likeness (QED) is 0.379. The van der Waals surface area contributed by atoms with Gasteiger partial charge in [0.25, 0.3) is 5.91 Å². The number of amides is 4. The van der Waals surface area contributed by atoms with Gasteiger partial charge >= 0.3 is 12.1 Å². The van der Waals surface area contributed by atoms with Crippen LogP contribution < -0.4 is 16.0 Å². The van der Waals surface area contributed by atoms with Gasteiger partial charge in [0, 0.05) is 75.4 Å². The van der Waals surface area contributed by atoms with Crippen LogP contribution in [0.4, 0.5) is 26.0 Å². The van der Waals surface area contributed by atoms with Crippen molar-refractivity contribution in [3.05, 3.63) is 69.8 Å². The van der Waals surface area contributed by atoms with Gasteiger partial charge in [-0.05, 0) is 60.5 Å². The van der Waals surface area contributed by atoms with Crippen molar-refractivity contribution >= 4 is 57.3 Å². The number of nitrogens with one attached hydrogen (secondary N) is 1. The summed E-state index contributed by atoms with van der Waals surface area (Å²) in [6.07, 6.45) is 3.41. The van der Waals surface area contributed by atoms with E-state index >= 15 is 0 Å². The number of piperazine rings is 1. The minimum atomic E-state index is -1.02. The molecule has 5 heterocycles. The van der Waals surface area contributed by atoms with Crippen molar-refractivity contribution in [3.63, 3.8) is 0 Å². The van der Waals surface area contributed by atoms with Gasteiger partial charge in [-0.3, -0.25) is 15.1 Å². The molecular weight excluding hydrogens is 602 g/mol. The van der Waals surface area contributed by atoms with E-state index in [0.717, 1.165) is 27.4 Å². The number of carbonyl (C=O) groups excluding carboxylic acids is 3. The monoisotopic (exact) mass is 637 g/mol. The van der Waals surface area contributed by atoms with E-state index in [1.54, 1.807) is 28.3 Å². The van der Waals surface area contributed by atoms with Crippen LogP contribution in [0.1, 0.15) is 29.5 Å². The van der Waals surface area contributed by atoms with Crippen molar-refractivity contribution < 1.29 is 19.1 Å². The number of rotatable bonds is 6. The molecule has 2 saturated heterocycles. The predicted octanol–water partition coefficient (Wildman–Crippen LogP) is 4.60. The Balaban J connectivity index is 1.11. The second-order valence-corrected chi connectivity index (χ2v) is 12.8. The summed E-state index contributed by atoms with van der Waals surface area (Å²) in [6.45, 7) is 5.62. The number of piperidine rings is 1. The van der Waals surface area contributed by atoms with E-state index in [2.05, 4.69) is 15.2 Å². The first-order chi connectivity index (χ1) is 21.3. The van der Waals surface area contributed by atoms with Gasteiger partial charge in [0.05, 0.1) is 17.3 Å². The fraction of sp³-hybridized carbons (Fsp3) is 0.419. The molecule has 3 aliphatic heterocycles. The summed E-state index contributed by atoms with van der Waals surface area (Å²) in [4.78, 5) is 51.6. The number of pyridine rings is 1. The number of halogens is 1. The van der Waals surface area contributed by atoms with Crippen LogP contribution in [0.2, 0.25) is 5.02 Å². The standard InChI is InChI=1S/C31H36ClN7O4S/c1-20-16-21(17-25(32)27(20)33)18-26(29(40)37-13-11-36(12-14-37)23-2-7-34-8-3-23)43-31(42)38-9-4-24(5-10-38)39-19-22-6-15-44-28(22)35-30(39)41/h2-3,6-8,15-17,24,26H,4-5,9-14,18-19,33H2,1H3,(H,35,41)/t26-/m1/s1. The highest BCUT2D eigenvalue weighted by molar-refractivity contribution is 7.14. The van der Waals surface area contributed by atoms with E-state index in [1.165, 1.54) is 11.3 Å². The van der Waals surface area contributed by atoms with E-state index in [4.69, 9.17) is 22.1 Å². The molecule has 2 aromatic heterocycles. The van der Waals surface area contributed by atoms with Crippen molar-refractivity contribution in [3.8, 4) is 0 Å². The van der Waals surface area contributed by atoms with Crippen molar-refractivity contribution in [2.45, 2.75) is 44.9 Å². The zero-order chi connectivity index (χ0) is 30.8. The molecule has 0 radical (unpaired) electrons. The SMILES string of the molecule is Cc1cc(C[C@@H](OC(=O)N2CCC(N3Cc4ccsc4NC3=O)CC2)C(=O)N2CCN(c3ccncc3)CC2)cc(Cl)c1N. The van der Waals surface area contributed by atoms with E-state index < -0.39 is 12.2 Å². The second-order valence-electron chi connectivity index (χ2n) is 11.5. The van der Waals surface area contributed by atoms with Crippen LogP contribution in [0.25, 0.3) is 0 Å². The number of thiophene rings is 1. The van der Waals surface area contributed by atoms with Crippen molar-refractivity contribution in [1.29, 1.82) is 0 Å². The number of carbonyl (C=O) groups is 3. The number of likely N-dealkylation sites (tertiary alicyclic amines) is 1. The van der Waals surface area contributed by atoms with Crippen molar-refractivity contribution in [2.75, 3.05) is 55.2 Å². The Morgan fingerprint density at radius 2 is 1.82 bits per heavy atom. The Morgan fingerprint density at radius 1 is 1.09 bits per heavy atom. The summed E-state index contributed by atoms with van der Waals surface area (Å²) >= 11 is 7.89. The number of hydrogen-bond donors (Lipinski definition) is 2. The summed E-state index contributed by atoms with van der Waals surface area (Å²) in [5, 5.41) is 6.26. The number of fused-ring (bicyclic) bond motifs is 1. The van der Waals surface area contributed by atoms with Crippen molar-refractivity contribution in [2.24, 2.45) is 0 Å². The molecule has 6 rings (SSSR count). The Kier molecular flexibility index (Phi) is 8.81. The highest BCUT2D eigenvalue weighted by Crippen LogP contribution is 2.32. The minimum absolute atomic E-state index is 0.0149. The second kappa shape index (κ2) is 12.9. The molecule has 13 heteroatoms. The van der Waals surface area contributed by atoms with E-state index in [9.17, 15) is 14.4 Å². The summed E-state index contributed by atoms with van der Waals surface area (Å²) in [6, 6.07) is 9.46. The highest BCUT2D eigenvalue weighted by atomic mass is 35.5. The fourth-order valence-electron chi connectivity index (χ4n) is 6.13. The number of anilines is 3. The molecule has 0 aliphatic carbocycles. The molecule has 0 bridgehead atoms. The van der Waals surface area contributed by atoms with Gasteiger partial charge in [-0.2, -0.15) is 0 Å². The predicted molar refractivity (Wildman–Crippen MR) is 171 cm³/mol. The molecule has 1 atom stereocenters. The van der Waals surface area contributed by atoms with E-state index in [1.807, 2.05) is 41.5 Å². The molecule has 0 unspecified atom stereocenters. The van der Waals surface area contributed by atoms with Crippen LogP contribution in [0.15, 0.2) is 48.1 Å². The number of benzene rings is 1. The fourth-order valence-corrected chi connectivity index (χ4v) is 7.21. The topological polar surface area (TPSA) is 124 Å². The molecule has 11 nitrogen and oxygen atoms in total. The molecule has 3 aliphatic rings. The molecule has 1 aromatic carbocycles. The summed E-state index contributed by atoms with van der Waals surface area (Å²) in [7, 11) is 0. The first-order valence-corrected chi connectivity index (χ1v) is 16.1. The number of ether oxygens (including phenoxy) is 1. The molecule has 2 fully saturated rings. The summed E-state index contributed by atoms with van der Waals surface area (Å²) in [5.74, 6) is -0.232. The number of nitrogens with two attached hydrogens (primary N) is 1. The molecule has 0 spiro atoms. The van der Waals surface area contributed by atoms with Gasteiger partial charge in [0.1, 0.15) is 5.00 Å². The zero-order valence-electron chi connectivity index (χ0n) is 24.6. The Labute approximate surface area is 265 Å². The largest absolute Gasteiger partial charge is 0.436 e. The number of aromatic nitrogens is 1. The van der Waals surface area contributed by atoms with Gasteiger partial charge in [0.15, 0.2) is 6.10 Å². The lowest BCUT2D eigenvalue weighted by molar-refractivity contribution is -0.141. The summed E-state index contributed by atoms with van der Waals surface area (Å²) in [5.41, 5.74) is 10.3. The van der Waals surface area contributed by atoms with E-state index in [-0.39, 0.29) is 24.4 Å². The number of nitrogens with zero attached hydrogens (tertiary/aromatic N) is 5. The lowest BCUT2D eigenvalue weighted by Gasteiger charge is -2.40. The Bertz CT molecular complexity index is 1500. The Hall–Kier alpha value is -4.03. The third-order valence-electron chi connectivity index (χ3n) is 8.69. The van der Waals surface area contributed by atoms with Crippen LogP contribution in [-0.4, -0.2) is 89.1 Å². The van der Waals surface area contributed by atoms with Gasteiger partial charge in [-0.1, -0.05) is 17.7 Å². The van der Waals surface area contributed by atoms with Crippen LogP contribution >= 0.6 is 22.9 Å². The third kappa shape index (κ3) is 6.41. The Morgan fingerprint density at radius 3 is 2.52 bits per heavy atom. The molecule has 0 saturated carbocycles. The van der Waals surface area contributed by atoms with Gasteiger partial charge in [-0.25, -0.2) is 9.59 Å². The average Bonchev–Trinajstić information content (AvgIpc) is 3.50. The van der Waals surface area contributed by atoms with Gasteiger partial charge in [0.2, 0.25) is 0 Å². The maximum atomic E-state index is 13.9. The van der Waals surface area contributed by atoms with Crippen LogP contribution in [-0.2, 0) is 22.5 Å². The molecule has 44 heavy (non-hydrogen) atoms. The van der Waals surface area contributed by atoms with Gasteiger partial charge in [-0.15, -0.1) is 11.3 Å². The first-order valence-electron chi connectivity index (χ1n) is 14.8. The third-order valence-corrected chi connectivity index (χ3v) is 9.87. The van der Waals surface area contributed by atoms with Crippen LogP contribution in [0, 0.1) is 6.92 Å². The first kappa shape index (κ1) is 30.0. The smallest absolute Gasteiger partial charge is 0.410 e. The van der Waals surface area contributed by atoms with Crippen molar-refractivity contribution in [1.82, 2.24) is 19.7 Å². The maximum absolute atomic E-state index is 13.9. The maximum Gasteiger partial charge on any atom is 0.410 e. The van der Waals surface area contributed by atoms with Gasteiger partial charge < -0.3 is 30.1 Å². The van der Waals surface area contributed by atoms with Crippen LogP contribution in [0.5, 0.6) is 0 Å². The number of urea groups is 1. The zero-order valence-corrected chi connectivity index (χ0v) is 26.1. The average molecular weight is 638 g/mol. The number of nitrogen functional groups attached to an aromatic ring is 1. The number of hydrogen-bond acceptors (Lipinski definition) is 8. The lowest BCUT2D eigenvalue weighted by Crippen LogP contribution is -2.54. The lowest BCUT2D eigenvalue weighted by atomic mass is 10.0. The normalized spacial score (nSPS) is 18.1. The minimum Gasteiger partial charge on any atom is -0.436 e. The summed E-state index contributed by atoms with van der Waals surface area (Å²) < 4.78 is 5.98. The van der Waals surface area contributed by atoms with E-state index in [0.29, 0.717) is 69.4 Å². The molecular formula is C31H36ClN7O4S. The van der Waals surface area contributed by atoms with Crippen LogP contribution in [0.3, 0.4) is 0 Å². The molecule has 232 valence electrons.